The van der Waals surface area contributed by atoms with E-state index in [-0.39, 0.29) is 29.9 Å². The summed E-state index contributed by atoms with van der Waals surface area (Å²) in [7, 11) is -2.34. The third-order valence-corrected chi connectivity index (χ3v) is 8.09. The Bertz CT molecular complexity index is 1260. The molecule has 3 aromatic carbocycles. The number of rotatable bonds is 9. The maximum absolute atomic E-state index is 13.9. The Labute approximate surface area is 209 Å². The third kappa shape index (κ3) is 6.50. The molecule has 35 heavy (non-hydrogen) atoms. The summed E-state index contributed by atoms with van der Waals surface area (Å²) in [4.78, 5) is 13.3. The van der Waals surface area contributed by atoms with E-state index in [1.165, 1.54) is 4.31 Å². The second kappa shape index (κ2) is 11.1. The van der Waals surface area contributed by atoms with Gasteiger partial charge < -0.3 is 10.1 Å². The van der Waals surface area contributed by atoms with Gasteiger partial charge in [0.15, 0.2) is 0 Å². The van der Waals surface area contributed by atoms with Crippen molar-refractivity contribution in [2.75, 3.05) is 13.7 Å². The minimum Gasteiger partial charge on any atom is -0.497 e. The van der Waals surface area contributed by atoms with E-state index >= 15 is 0 Å². The summed E-state index contributed by atoms with van der Waals surface area (Å²) in [6.45, 7) is 9.18. The molecule has 0 unspecified atom stereocenters. The Hall–Kier alpha value is -3.16. The molecule has 7 heteroatoms. The van der Waals surface area contributed by atoms with Gasteiger partial charge in [0, 0.05) is 6.54 Å². The van der Waals surface area contributed by atoms with Crippen LogP contribution in [0.5, 0.6) is 5.75 Å². The number of carbonyl (C=O) groups is 1. The third-order valence-electron chi connectivity index (χ3n) is 6.00. The van der Waals surface area contributed by atoms with Gasteiger partial charge in [0.25, 0.3) is 0 Å². The molecule has 0 aliphatic heterocycles. The maximum atomic E-state index is 13.9. The SMILES string of the molecule is COc1ccc([C@@H](C)NC(=O)CN(Cc2ccc(C)cc2)S(=O)(=O)c2c(C)cc(C)cc2C)cc1. The molecule has 0 spiro atoms. The number of nitrogens with zero attached hydrogens (tertiary/aromatic N) is 1. The molecule has 0 heterocycles. The zero-order valence-electron chi connectivity index (χ0n) is 21.3. The number of ether oxygens (including phenoxy) is 1. The zero-order chi connectivity index (χ0) is 25.8. The van der Waals surface area contributed by atoms with Crippen LogP contribution in [0.1, 0.15) is 46.3 Å². The summed E-state index contributed by atoms with van der Waals surface area (Å²) in [5, 5.41) is 2.94. The summed E-state index contributed by atoms with van der Waals surface area (Å²) >= 11 is 0. The van der Waals surface area contributed by atoms with Crippen LogP contribution in [0.4, 0.5) is 0 Å². The fourth-order valence-electron chi connectivity index (χ4n) is 4.25. The summed E-state index contributed by atoms with van der Waals surface area (Å²) in [5.74, 6) is 0.359. The molecule has 0 fully saturated rings. The van der Waals surface area contributed by atoms with E-state index in [2.05, 4.69) is 5.32 Å². The van der Waals surface area contributed by atoms with Crippen LogP contribution in [0.25, 0.3) is 0 Å². The Kier molecular flexibility index (Phi) is 8.35. The molecule has 0 aliphatic carbocycles. The molecule has 0 bridgehead atoms. The van der Waals surface area contributed by atoms with Crippen molar-refractivity contribution in [3.63, 3.8) is 0 Å². The van der Waals surface area contributed by atoms with Crippen LogP contribution in [-0.2, 0) is 21.4 Å². The van der Waals surface area contributed by atoms with Crippen LogP contribution in [-0.4, -0.2) is 32.3 Å². The largest absolute Gasteiger partial charge is 0.497 e. The van der Waals surface area contributed by atoms with E-state index in [0.29, 0.717) is 11.1 Å². The van der Waals surface area contributed by atoms with Crippen molar-refractivity contribution >= 4 is 15.9 Å². The number of aryl methyl sites for hydroxylation is 4. The number of methoxy groups -OCH3 is 1. The Morgan fingerprint density at radius 2 is 1.49 bits per heavy atom. The highest BCUT2D eigenvalue weighted by atomic mass is 32.2. The number of benzene rings is 3. The summed E-state index contributed by atoms with van der Waals surface area (Å²) < 4.78 is 34.2. The van der Waals surface area contributed by atoms with Gasteiger partial charge in [0.2, 0.25) is 15.9 Å². The van der Waals surface area contributed by atoms with Crippen molar-refractivity contribution in [3.05, 3.63) is 94.0 Å². The van der Waals surface area contributed by atoms with Gasteiger partial charge in [-0.1, -0.05) is 59.7 Å². The van der Waals surface area contributed by atoms with Gasteiger partial charge in [0.05, 0.1) is 24.6 Å². The predicted molar refractivity (Wildman–Crippen MR) is 139 cm³/mol. The molecule has 0 saturated carbocycles. The van der Waals surface area contributed by atoms with Crippen molar-refractivity contribution in [1.29, 1.82) is 0 Å². The van der Waals surface area contributed by atoms with Gasteiger partial charge >= 0.3 is 0 Å². The first-order valence-electron chi connectivity index (χ1n) is 11.6. The Morgan fingerprint density at radius 3 is 2.03 bits per heavy atom. The van der Waals surface area contributed by atoms with Gasteiger partial charge in [-0.05, 0) is 69.0 Å². The minimum atomic E-state index is -3.94. The van der Waals surface area contributed by atoms with E-state index in [4.69, 9.17) is 4.74 Å². The molecule has 0 saturated heterocycles. The van der Waals surface area contributed by atoms with Crippen LogP contribution >= 0.6 is 0 Å². The van der Waals surface area contributed by atoms with Gasteiger partial charge in [-0.2, -0.15) is 4.31 Å². The topological polar surface area (TPSA) is 75.7 Å². The molecule has 1 atom stereocenters. The molecule has 3 rings (SSSR count). The summed E-state index contributed by atoms with van der Waals surface area (Å²) in [6, 6.07) is 18.5. The van der Waals surface area contributed by atoms with Gasteiger partial charge in [0.1, 0.15) is 5.75 Å². The average Bonchev–Trinajstić information content (AvgIpc) is 2.79. The number of nitrogens with one attached hydrogen (secondary N) is 1. The lowest BCUT2D eigenvalue weighted by Gasteiger charge is -2.25. The van der Waals surface area contributed by atoms with Crippen LogP contribution in [0.3, 0.4) is 0 Å². The average molecular weight is 495 g/mol. The number of hydrogen-bond acceptors (Lipinski definition) is 4. The maximum Gasteiger partial charge on any atom is 0.244 e. The molecular formula is C28H34N2O4S. The highest BCUT2D eigenvalue weighted by Gasteiger charge is 2.30. The highest BCUT2D eigenvalue weighted by molar-refractivity contribution is 7.89. The minimum absolute atomic E-state index is 0.0969. The van der Waals surface area contributed by atoms with E-state index in [1.807, 2.05) is 81.4 Å². The summed E-state index contributed by atoms with van der Waals surface area (Å²) in [5.41, 5.74) is 5.14. The molecule has 186 valence electrons. The molecule has 6 nitrogen and oxygen atoms in total. The second-order valence-electron chi connectivity index (χ2n) is 9.05. The molecule has 0 aliphatic rings. The smallest absolute Gasteiger partial charge is 0.244 e. The first-order valence-corrected chi connectivity index (χ1v) is 13.0. The number of carbonyl (C=O) groups excluding carboxylic acids is 1. The molecule has 1 N–H and O–H groups in total. The first kappa shape index (κ1) is 26.4. The lowest BCUT2D eigenvalue weighted by atomic mass is 10.1. The lowest BCUT2D eigenvalue weighted by molar-refractivity contribution is -0.122. The van der Waals surface area contributed by atoms with Gasteiger partial charge in [-0.25, -0.2) is 8.42 Å². The number of amides is 1. The second-order valence-corrected chi connectivity index (χ2v) is 10.9. The van der Waals surface area contributed by atoms with Crippen molar-refractivity contribution < 1.29 is 17.9 Å². The van der Waals surface area contributed by atoms with E-state index in [1.54, 1.807) is 21.0 Å². The van der Waals surface area contributed by atoms with Gasteiger partial charge in [-0.3, -0.25) is 4.79 Å². The summed E-state index contributed by atoms with van der Waals surface area (Å²) in [6.07, 6.45) is 0. The molecule has 1 amide bonds. The molecule has 0 aromatic heterocycles. The number of hydrogen-bond donors (Lipinski definition) is 1. The fraction of sp³-hybridized carbons (Fsp3) is 0.321. The van der Waals surface area contributed by atoms with E-state index in [9.17, 15) is 13.2 Å². The van der Waals surface area contributed by atoms with Crippen LogP contribution < -0.4 is 10.1 Å². The molecular weight excluding hydrogens is 460 g/mol. The Morgan fingerprint density at radius 1 is 0.914 bits per heavy atom. The van der Waals surface area contributed by atoms with Gasteiger partial charge in [-0.15, -0.1) is 0 Å². The monoisotopic (exact) mass is 494 g/mol. The van der Waals surface area contributed by atoms with E-state index in [0.717, 1.165) is 28.0 Å². The molecule has 3 aromatic rings. The standard InChI is InChI=1S/C28H34N2O4S/c1-19-7-9-24(10-8-19)17-30(35(32,33)28-21(3)15-20(2)16-22(28)4)18-27(31)29-23(5)25-11-13-26(34-6)14-12-25/h7-16,23H,17-18H2,1-6H3,(H,29,31)/t23-/m1/s1. The van der Waals surface area contributed by atoms with Crippen LogP contribution in [0.2, 0.25) is 0 Å². The zero-order valence-corrected chi connectivity index (χ0v) is 22.1. The van der Waals surface area contributed by atoms with Crippen molar-refractivity contribution in [2.24, 2.45) is 0 Å². The van der Waals surface area contributed by atoms with E-state index < -0.39 is 10.0 Å². The Balaban J connectivity index is 1.89. The lowest BCUT2D eigenvalue weighted by Crippen LogP contribution is -2.41. The molecule has 0 radical (unpaired) electrons. The van der Waals surface area contributed by atoms with Crippen molar-refractivity contribution in [1.82, 2.24) is 9.62 Å². The number of sulfonamides is 1. The van der Waals surface area contributed by atoms with Crippen molar-refractivity contribution in [3.8, 4) is 5.75 Å². The van der Waals surface area contributed by atoms with Crippen LogP contribution in [0.15, 0.2) is 65.6 Å². The predicted octanol–water partition coefficient (Wildman–Crippen LogP) is 5.00. The highest BCUT2D eigenvalue weighted by Crippen LogP contribution is 2.27. The van der Waals surface area contributed by atoms with Crippen molar-refractivity contribution in [2.45, 2.75) is 52.1 Å². The van der Waals surface area contributed by atoms with Crippen LogP contribution in [0, 0.1) is 27.7 Å². The first-order chi connectivity index (χ1) is 16.5. The fourth-order valence-corrected chi connectivity index (χ4v) is 6.05. The quantitative estimate of drug-likeness (QED) is 0.454. The normalized spacial score (nSPS) is 12.4.